The van der Waals surface area contributed by atoms with Gasteiger partial charge in [-0.2, -0.15) is 0 Å². The first kappa shape index (κ1) is 28.4. The molecule has 0 atom stereocenters. The third-order valence-corrected chi connectivity index (χ3v) is 6.86. The number of hydrogen-bond acceptors (Lipinski definition) is 8. The molecule has 39 heavy (non-hydrogen) atoms. The third-order valence-electron chi connectivity index (χ3n) is 4.70. The van der Waals surface area contributed by atoms with Gasteiger partial charge in [0.2, 0.25) is 0 Å². The molecule has 0 unspecified atom stereocenters. The first-order valence-electron chi connectivity index (χ1n) is 11.2. The van der Waals surface area contributed by atoms with Crippen molar-refractivity contribution in [2.24, 2.45) is 0 Å². The first-order chi connectivity index (χ1) is 18.8. The van der Waals surface area contributed by atoms with Crippen LogP contribution in [-0.4, -0.2) is 23.9 Å². The molecule has 9 heteroatoms. The van der Waals surface area contributed by atoms with Crippen LogP contribution >= 0.6 is 0 Å². The Morgan fingerprint density at radius 3 is 1.08 bits per heavy atom. The maximum absolute atomic E-state index is 12.0. The lowest BCUT2D eigenvalue weighted by molar-refractivity contribution is -0.130. The molecule has 0 saturated carbocycles. The number of benzene rings is 3. The van der Waals surface area contributed by atoms with Crippen LogP contribution in [0.4, 0.5) is 0 Å². The number of hydrogen-bond donors (Lipinski definition) is 0. The van der Waals surface area contributed by atoms with E-state index in [0.717, 1.165) is 29.2 Å². The molecule has 0 spiro atoms. The summed E-state index contributed by atoms with van der Waals surface area (Å²) in [7, 11) is -0.991. The van der Waals surface area contributed by atoms with Gasteiger partial charge in [-0.05, 0) is 12.1 Å². The van der Waals surface area contributed by atoms with Crippen molar-refractivity contribution in [1.29, 1.82) is 0 Å². The van der Waals surface area contributed by atoms with Crippen molar-refractivity contribution in [3.8, 4) is 23.0 Å². The van der Waals surface area contributed by atoms with Gasteiger partial charge in [0.1, 0.15) is 23.0 Å². The summed E-state index contributed by atoms with van der Waals surface area (Å²) in [6.07, 6.45) is 3.99. The van der Waals surface area contributed by atoms with Crippen molar-refractivity contribution in [2.45, 2.75) is 14.7 Å². The number of carbonyl (C=O) groups is 4. The Morgan fingerprint density at radius 2 is 0.795 bits per heavy atom. The van der Waals surface area contributed by atoms with Gasteiger partial charge in [-0.25, -0.2) is 19.2 Å². The van der Waals surface area contributed by atoms with Crippen molar-refractivity contribution >= 4 is 34.8 Å². The van der Waals surface area contributed by atoms with Gasteiger partial charge < -0.3 is 18.9 Å². The third kappa shape index (κ3) is 7.91. The Bertz CT molecular complexity index is 1290. The van der Waals surface area contributed by atoms with Crippen LogP contribution in [0.15, 0.2) is 132 Å². The van der Waals surface area contributed by atoms with Crippen molar-refractivity contribution in [3.05, 3.63) is 117 Å². The lowest BCUT2D eigenvalue weighted by Crippen LogP contribution is -2.11. The summed E-state index contributed by atoms with van der Waals surface area (Å²) in [5.41, 5.74) is 0. The van der Waals surface area contributed by atoms with Crippen molar-refractivity contribution < 1.29 is 38.1 Å². The molecule has 0 bridgehead atoms. The van der Waals surface area contributed by atoms with Crippen molar-refractivity contribution in [1.82, 2.24) is 0 Å². The molecule has 196 valence electrons. The molecule has 0 fully saturated rings. The average Bonchev–Trinajstić information content (AvgIpc) is 2.93. The molecule has 0 heterocycles. The van der Waals surface area contributed by atoms with Gasteiger partial charge in [0.15, 0.2) is 14.7 Å². The predicted molar refractivity (Wildman–Crippen MR) is 145 cm³/mol. The highest BCUT2D eigenvalue weighted by Gasteiger charge is 2.32. The van der Waals surface area contributed by atoms with E-state index in [2.05, 4.69) is 26.3 Å². The summed E-state index contributed by atoms with van der Waals surface area (Å²) in [4.78, 5) is 49.8. The number of carbonyl (C=O) groups excluding carboxylic acids is 4. The second-order valence-corrected chi connectivity index (χ2v) is 9.43. The van der Waals surface area contributed by atoms with E-state index in [1.165, 1.54) is 12.1 Å². The molecule has 0 N–H and O–H groups in total. The van der Waals surface area contributed by atoms with E-state index >= 15 is 0 Å². The van der Waals surface area contributed by atoms with Crippen LogP contribution < -0.4 is 18.9 Å². The molecule has 0 aliphatic rings. The van der Waals surface area contributed by atoms with E-state index in [0.29, 0.717) is 9.79 Å². The highest BCUT2D eigenvalue weighted by Crippen LogP contribution is 2.39. The molecule has 0 aliphatic carbocycles. The monoisotopic (exact) mass is 543 g/mol. The molecule has 0 aliphatic heterocycles. The molecular formula is C30H23O8S+. The smallest absolute Gasteiger partial charge is 0.335 e. The number of rotatable bonds is 11. The van der Waals surface area contributed by atoms with Crippen LogP contribution in [0.5, 0.6) is 23.0 Å². The van der Waals surface area contributed by atoms with E-state index in [1.807, 2.05) is 30.3 Å². The summed E-state index contributed by atoms with van der Waals surface area (Å²) in [5.74, 6) is -2.52. The van der Waals surface area contributed by atoms with Crippen LogP contribution in [0.3, 0.4) is 0 Å². The predicted octanol–water partition coefficient (Wildman–Crippen LogP) is 5.15. The molecule has 0 amide bonds. The summed E-state index contributed by atoms with van der Waals surface area (Å²) < 4.78 is 21.3. The zero-order valence-corrected chi connectivity index (χ0v) is 21.5. The maximum atomic E-state index is 12.0. The number of ether oxygens (including phenoxy) is 4. The van der Waals surface area contributed by atoms with Crippen molar-refractivity contribution in [3.63, 3.8) is 0 Å². The molecular weight excluding hydrogens is 520 g/mol. The number of esters is 4. The Labute approximate surface area is 227 Å². The topological polar surface area (TPSA) is 105 Å². The minimum atomic E-state index is -0.991. The zero-order chi connectivity index (χ0) is 28.4. The molecule has 8 nitrogen and oxygen atoms in total. The summed E-state index contributed by atoms with van der Waals surface area (Å²) in [6.45, 7) is 13.6. The van der Waals surface area contributed by atoms with E-state index in [1.54, 1.807) is 24.3 Å². The Hall–Kier alpha value is -5.15. The van der Waals surface area contributed by atoms with Gasteiger partial charge in [-0.15, -0.1) is 0 Å². The molecule has 0 saturated heterocycles. The highest BCUT2D eigenvalue weighted by atomic mass is 32.2. The van der Waals surface area contributed by atoms with Crippen molar-refractivity contribution in [2.75, 3.05) is 0 Å². The standard InChI is InChI=1S/C30H23O8S/c1-5-27(31)35-20-14-21(36-28(32)6-2)17-25(16-20)39(24-12-10-9-11-13-24)26-18-22(37-29(33)7-3)15-23(19-26)38-30(34)8-4/h5-19H,1-4H2/q+1. The van der Waals surface area contributed by atoms with Gasteiger partial charge in [0.25, 0.3) is 0 Å². The SMILES string of the molecule is C=CC(=O)Oc1cc(OC(=O)C=C)cc([S+](c2ccccc2)c2cc(OC(=O)C=C)cc(OC(=O)C=C)c2)c1. The minimum absolute atomic E-state index is 0.0882. The Morgan fingerprint density at radius 1 is 0.487 bits per heavy atom. The van der Waals surface area contributed by atoms with E-state index in [9.17, 15) is 19.2 Å². The summed E-state index contributed by atoms with van der Waals surface area (Å²) in [6, 6.07) is 18.4. The second kappa shape index (κ2) is 13.4. The fraction of sp³-hybridized carbons (Fsp3) is 0. The first-order valence-corrected chi connectivity index (χ1v) is 12.4. The summed E-state index contributed by atoms with van der Waals surface area (Å²) >= 11 is 0. The van der Waals surface area contributed by atoms with Gasteiger partial charge in [0, 0.05) is 60.7 Å². The average molecular weight is 544 g/mol. The quantitative estimate of drug-likeness (QED) is 0.142. The largest absolute Gasteiger partial charge is 0.423 e. The molecule has 0 aromatic heterocycles. The van der Waals surface area contributed by atoms with E-state index < -0.39 is 34.8 Å². The molecule has 3 aromatic carbocycles. The van der Waals surface area contributed by atoms with Gasteiger partial charge in [0.05, 0.1) is 10.9 Å². The van der Waals surface area contributed by atoms with E-state index in [-0.39, 0.29) is 23.0 Å². The lowest BCUT2D eigenvalue weighted by atomic mass is 10.3. The maximum Gasteiger partial charge on any atom is 0.335 e. The van der Waals surface area contributed by atoms with Crippen LogP contribution in [0.25, 0.3) is 0 Å². The minimum Gasteiger partial charge on any atom is -0.423 e. The molecule has 0 radical (unpaired) electrons. The fourth-order valence-electron chi connectivity index (χ4n) is 3.16. The molecule has 3 rings (SSSR count). The Balaban J connectivity index is 2.27. The van der Waals surface area contributed by atoms with Gasteiger partial charge in [-0.1, -0.05) is 44.5 Å². The van der Waals surface area contributed by atoms with Gasteiger partial charge in [-0.3, -0.25) is 0 Å². The second-order valence-electron chi connectivity index (χ2n) is 7.40. The van der Waals surface area contributed by atoms with Crippen LogP contribution in [0, 0.1) is 0 Å². The van der Waals surface area contributed by atoms with Crippen LogP contribution in [0.2, 0.25) is 0 Å². The fourth-order valence-corrected chi connectivity index (χ4v) is 5.34. The van der Waals surface area contributed by atoms with E-state index in [4.69, 9.17) is 18.9 Å². The van der Waals surface area contributed by atoms with Crippen LogP contribution in [-0.2, 0) is 30.1 Å². The normalized spacial score (nSPS) is 10.1. The zero-order valence-electron chi connectivity index (χ0n) is 20.7. The molecule has 3 aromatic rings. The summed E-state index contributed by atoms with van der Waals surface area (Å²) in [5, 5.41) is 0. The highest BCUT2D eigenvalue weighted by molar-refractivity contribution is 7.97. The van der Waals surface area contributed by atoms with Gasteiger partial charge >= 0.3 is 23.9 Å². The van der Waals surface area contributed by atoms with Crippen LogP contribution in [0.1, 0.15) is 0 Å². The lowest BCUT2D eigenvalue weighted by Gasteiger charge is -2.13. The Kier molecular flexibility index (Phi) is 9.77.